The molecule has 2 aromatic carbocycles. The minimum absolute atomic E-state index is 0.310. The summed E-state index contributed by atoms with van der Waals surface area (Å²) < 4.78 is 35.2. The van der Waals surface area contributed by atoms with Crippen LogP contribution in [0.25, 0.3) is 11.0 Å². The van der Waals surface area contributed by atoms with Crippen LogP contribution >= 0.6 is 11.8 Å². The molecule has 1 saturated heterocycles. The Hall–Kier alpha value is -2.36. The van der Waals surface area contributed by atoms with Crippen molar-refractivity contribution in [2.45, 2.75) is 55.0 Å². The third-order valence-electron chi connectivity index (χ3n) is 6.11. The number of imidazole rings is 1. The lowest BCUT2D eigenvalue weighted by atomic mass is 10.2. The summed E-state index contributed by atoms with van der Waals surface area (Å²) in [6, 6.07) is 12.8. The van der Waals surface area contributed by atoms with Gasteiger partial charge in [-0.3, -0.25) is 4.79 Å². The Bertz CT molecular complexity index is 1290. The Morgan fingerprint density at radius 2 is 1.91 bits per heavy atom. The highest BCUT2D eigenvalue weighted by molar-refractivity contribution is 7.98. The van der Waals surface area contributed by atoms with Gasteiger partial charge in [-0.25, -0.2) is 13.4 Å². The number of carbonyl (C=O) groups is 1. The van der Waals surface area contributed by atoms with E-state index in [1.807, 2.05) is 24.3 Å². The maximum absolute atomic E-state index is 13.0. The van der Waals surface area contributed by atoms with Gasteiger partial charge in [0, 0.05) is 37.9 Å². The smallest absolute Gasteiger partial charge is 0.308 e. The molecule has 1 aliphatic carbocycles. The van der Waals surface area contributed by atoms with Crippen molar-refractivity contribution in [2.24, 2.45) is 5.92 Å². The second-order valence-corrected chi connectivity index (χ2v) is 11.6. The van der Waals surface area contributed by atoms with E-state index in [2.05, 4.69) is 4.57 Å². The molecule has 1 aliphatic heterocycles. The van der Waals surface area contributed by atoms with E-state index < -0.39 is 10.0 Å². The van der Waals surface area contributed by atoms with Crippen LogP contribution < -0.4 is 4.74 Å². The lowest BCUT2D eigenvalue weighted by Gasteiger charge is -2.15. The van der Waals surface area contributed by atoms with E-state index in [0.717, 1.165) is 35.6 Å². The average molecular weight is 486 g/mol. The van der Waals surface area contributed by atoms with Crippen molar-refractivity contribution >= 4 is 38.8 Å². The lowest BCUT2D eigenvalue weighted by Crippen LogP contribution is -2.27. The summed E-state index contributed by atoms with van der Waals surface area (Å²) in [5, 5.41) is 0.852. The number of esters is 1. The Morgan fingerprint density at radius 1 is 1.15 bits per heavy atom. The third kappa shape index (κ3) is 4.81. The Balaban J connectivity index is 1.46. The van der Waals surface area contributed by atoms with Gasteiger partial charge in [-0.1, -0.05) is 30.0 Å². The highest BCUT2D eigenvalue weighted by Crippen LogP contribution is 2.36. The topological polar surface area (TPSA) is 81.5 Å². The van der Waals surface area contributed by atoms with Gasteiger partial charge < -0.3 is 9.30 Å². The number of sulfonamides is 1. The summed E-state index contributed by atoms with van der Waals surface area (Å²) in [7, 11) is -3.49. The van der Waals surface area contributed by atoms with Gasteiger partial charge in [-0.05, 0) is 55.9 Å². The fourth-order valence-corrected chi connectivity index (χ4v) is 6.74. The highest BCUT2D eigenvalue weighted by Gasteiger charge is 2.29. The van der Waals surface area contributed by atoms with Crippen LogP contribution in [0, 0.1) is 5.92 Å². The molecule has 9 heteroatoms. The summed E-state index contributed by atoms with van der Waals surface area (Å²) >= 11 is 1.58. The van der Waals surface area contributed by atoms with Crippen molar-refractivity contribution in [1.82, 2.24) is 13.9 Å². The van der Waals surface area contributed by atoms with Gasteiger partial charge in [-0.2, -0.15) is 4.31 Å². The number of rotatable bonds is 8. The minimum Gasteiger partial charge on any atom is -0.426 e. The molecule has 0 atom stereocenters. The molecule has 0 unspecified atom stereocenters. The predicted octanol–water partition coefficient (Wildman–Crippen LogP) is 4.45. The summed E-state index contributed by atoms with van der Waals surface area (Å²) in [5.74, 6) is 1.45. The molecule has 5 rings (SSSR count). The van der Waals surface area contributed by atoms with Gasteiger partial charge in [0.15, 0.2) is 5.16 Å². The first-order chi connectivity index (χ1) is 15.9. The van der Waals surface area contributed by atoms with E-state index in [1.54, 1.807) is 34.3 Å². The molecule has 1 aromatic heterocycles. The zero-order chi connectivity index (χ0) is 23.0. The van der Waals surface area contributed by atoms with Crippen molar-refractivity contribution in [3.8, 4) is 5.75 Å². The molecule has 0 bridgehead atoms. The van der Waals surface area contributed by atoms with Gasteiger partial charge in [0.05, 0.1) is 15.9 Å². The Kier molecular flexibility index (Phi) is 6.20. The van der Waals surface area contributed by atoms with Crippen LogP contribution in [0.5, 0.6) is 5.75 Å². The average Bonchev–Trinajstić information content (AvgIpc) is 3.30. The monoisotopic (exact) mass is 485 g/mol. The van der Waals surface area contributed by atoms with Crippen LogP contribution in [0.15, 0.2) is 52.5 Å². The molecule has 0 radical (unpaired) electrons. The predicted molar refractivity (Wildman–Crippen MR) is 128 cm³/mol. The Labute approximate surface area is 198 Å². The molecular formula is C24H27N3O4S2. The van der Waals surface area contributed by atoms with E-state index in [0.29, 0.717) is 40.9 Å². The molecule has 174 valence electrons. The molecule has 2 aliphatic rings. The van der Waals surface area contributed by atoms with Crippen LogP contribution in [0.1, 0.15) is 38.2 Å². The molecule has 7 nitrogen and oxygen atoms in total. The van der Waals surface area contributed by atoms with Crippen molar-refractivity contribution < 1.29 is 17.9 Å². The standard InChI is InChI=1S/C24H27N3O4S2/c1-17(28)31-23-7-3-2-6-19(23)16-32-24-25-21-14-20(33(29,30)26-12-4-5-13-26)10-11-22(21)27(24)15-18-8-9-18/h2-3,6-7,10-11,14,18H,4-5,8-9,12-13,15-16H2,1H3. The van der Waals surface area contributed by atoms with E-state index in [-0.39, 0.29) is 5.97 Å². The summed E-state index contributed by atoms with van der Waals surface area (Å²) in [6.45, 7) is 3.44. The van der Waals surface area contributed by atoms with E-state index in [9.17, 15) is 13.2 Å². The van der Waals surface area contributed by atoms with E-state index >= 15 is 0 Å². The number of hydrogen-bond acceptors (Lipinski definition) is 6. The largest absolute Gasteiger partial charge is 0.426 e. The number of aromatic nitrogens is 2. The first kappa shape index (κ1) is 22.4. The number of nitrogens with zero attached hydrogens (tertiary/aromatic N) is 3. The SMILES string of the molecule is CC(=O)Oc1ccccc1CSc1nc2cc(S(=O)(=O)N3CCCC3)ccc2n1CC1CC1. The highest BCUT2D eigenvalue weighted by atomic mass is 32.2. The fourth-order valence-electron chi connectivity index (χ4n) is 4.19. The molecular weight excluding hydrogens is 458 g/mol. The number of thioether (sulfide) groups is 1. The maximum Gasteiger partial charge on any atom is 0.308 e. The van der Waals surface area contributed by atoms with E-state index in [1.165, 1.54) is 19.8 Å². The van der Waals surface area contributed by atoms with Gasteiger partial charge >= 0.3 is 5.97 Å². The third-order valence-corrected chi connectivity index (χ3v) is 9.03. The normalized spacial score (nSPS) is 17.0. The Morgan fingerprint density at radius 3 is 2.64 bits per heavy atom. The second kappa shape index (κ2) is 9.12. The number of para-hydroxylation sites is 1. The number of ether oxygens (including phenoxy) is 1. The summed E-state index contributed by atoms with van der Waals surface area (Å²) in [4.78, 5) is 16.6. The van der Waals surface area contributed by atoms with Crippen molar-refractivity contribution in [1.29, 1.82) is 0 Å². The van der Waals surface area contributed by atoms with Gasteiger partial charge in [0.25, 0.3) is 0 Å². The minimum atomic E-state index is -3.49. The van der Waals surface area contributed by atoms with Crippen LogP contribution in [0.4, 0.5) is 0 Å². The summed E-state index contributed by atoms with van der Waals surface area (Å²) in [6.07, 6.45) is 4.24. The number of carbonyl (C=O) groups excluding carboxylic acids is 1. The molecule has 0 spiro atoms. The van der Waals surface area contributed by atoms with Crippen molar-refractivity contribution in [3.05, 3.63) is 48.0 Å². The molecule has 2 heterocycles. The maximum atomic E-state index is 13.0. The number of benzene rings is 2. The van der Waals surface area contributed by atoms with Gasteiger partial charge in [-0.15, -0.1) is 0 Å². The first-order valence-electron chi connectivity index (χ1n) is 11.3. The van der Waals surface area contributed by atoms with Crippen LogP contribution in [0.3, 0.4) is 0 Å². The van der Waals surface area contributed by atoms with Gasteiger partial charge in [0.2, 0.25) is 10.0 Å². The fraction of sp³-hybridized carbons (Fsp3) is 0.417. The molecule has 3 aromatic rings. The molecule has 0 N–H and O–H groups in total. The van der Waals surface area contributed by atoms with Crippen LogP contribution in [-0.2, 0) is 27.1 Å². The van der Waals surface area contributed by atoms with Crippen LogP contribution in [-0.4, -0.2) is 41.3 Å². The molecule has 1 saturated carbocycles. The molecule has 33 heavy (non-hydrogen) atoms. The lowest BCUT2D eigenvalue weighted by molar-refractivity contribution is -0.131. The van der Waals surface area contributed by atoms with E-state index in [4.69, 9.17) is 9.72 Å². The number of fused-ring (bicyclic) bond motifs is 1. The second-order valence-electron chi connectivity index (χ2n) is 8.70. The molecule has 2 fully saturated rings. The van der Waals surface area contributed by atoms with Crippen molar-refractivity contribution in [3.63, 3.8) is 0 Å². The summed E-state index contributed by atoms with van der Waals surface area (Å²) in [5.41, 5.74) is 2.57. The quantitative estimate of drug-likeness (QED) is 0.266. The zero-order valence-corrected chi connectivity index (χ0v) is 20.2. The molecule has 0 amide bonds. The van der Waals surface area contributed by atoms with Crippen molar-refractivity contribution in [2.75, 3.05) is 13.1 Å². The zero-order valence-electron chi connectivity index (χ0n) is 18.6. The first-order valence-corrected chi connectivity index (χ1v) is 13.7. The van der Waals surface area contributed by atoms with Crippen LogP contribution in [0.2, 0.25) is 0 Å². The number of hydrogen-bond donors (Lipinski definition) is 0. The van der Waals surface area contributed by atoms with Gasteiger partial charge in [0.1, 0.15) is 5.75 Å².